The molecule has 3 rings (SSSR count). The van der Waals surface area contributed by atoms with Crippen molar-refractivity contribution in [1.29, 1.82) is 0 Å². The standard InChI is InChI=1S/C14H14N4S/c15-8-2-7-13-17-18-14(19-13)11-4-1-6-12-10(11)5-3-9-16-12/h1,3-6,9H,2,7-8,15H2. The number of nitrogens with zero attached hydrogens (tertiary/aromatic N) is 3. The van der Waals surface area contributed by atoms with Crippen LogP contribution in [0.5, 0.6) is 0 Å². The van der Waals surface area contributed by atoms with Crippen LogP contribution in [0.4, 0.5) is 0 Å². The molecule has 0 saturated heterocycles. The lowest BCUT2D eigenvalue weighted by atomic mass is 10.1. The van der Waals surface area contributed by atoms with Crippen LogP contribution < -0.4 is 5.73 Å². The van der Waals surface area contributed by atoms with E-state index in [0.29, 0.717) is 6.54 Å². The summed E-state index contributed by atoms with van der Waals surface area (Å²) in [6.07, 6.45) is 3.65. The molecule has 2 heterocycles. The molecule has 0 radical (unpaired) electrons. The van der Waals surface area contributed by atoms with Crippen molar-refractivity contribution in [1.82, 2.24) is 15.2 Å². The fourth-order valence-electron chi connectivity index (χ4n) is 2.01. The lowest BCUT2D eigenvalue weighted by Crippen LogP contribution is -1.99. The maximum Gasteiger partial charge on any atom is 0.148 e. The van der Waals surface area contributed by atoms with Crippen LogP contribution in [0.1, 0.15) is 11.4 Å². The van der Waals surface area contributed by atoms with E-state index in [-0.39, 0.29) is 0 Å². The zero-order valence-electron chi connectivity index (χ0n) is 10.4. The first kappa shape index (κ1) is 12.2. The zero-order chi connectivity index (χ0) is 13.1. The summed E-state index contributed by atoms with van der Waals surface area (Å²) in [6, 6.07) is 10.1. The molecule has 0 aliphatic carbocycles. The second kappa shape index (κ2) is 5.42. The normalized spacial score (nSPS) is 11.0. The van der Waals surface area contributed by atoms with E-state index in [0.717, 1.165) is 39.3 Å². The van der Waals surface area contributed by atoms with Crippen LogP contribution in [0.15, 0.2) is 36.5 Å². The molecular weight excluding hydrogens is 256 g/mol. The molecule has 0 atom stereocenters. The van der Waals surface area contributed by atoms with Crippen LogP contribution in [-0.2, 0) is 6.42 Å². The van der Waals surface area contributed by atoms with Crippen LogP contribution in [0, 0.1) is 0 Å². The highest BCUT2D eigenvalue weighted by Crippen LogP contribution is 2.30. The van der Waals surface area contributed by atoms with Gasteiger partial charge in [-0.3, -0.25) is 4.98 Å². The van der Waals surface area contributed by atoms with Gasteiger partial charge in [0.2, 0.25) is 0 Å². The Kier molecular flexibility index (Phi) is 3.48. The van der Waals surface area contributed by atoms with Gasteiger partial charge >= 0.3 is 0 Å². The van der Waals surface area contributed by atoms with Crippen LogP contribution in [0.2, 0.25) is 0 Å². The predicted molar refractivity (Wildman–Crippen MR) is 78.0 cm³/mol. The fourth-order valence-corrected chi connectivity index (χ4v) is 2.93. The first-order valence-corrected chi connectivity index (χ1v) is 7.06. The Bertz CT molecular complexity index is 687. The van der Waals surface area contributed by atoms with Crippen LogP contribution >= 0.6 is 11.3 Å². The van der Waals surface area contributed by atoms with E-state index in [4.69, 9.17) is 5.73 Å². The third-order valence-corrected chi connectivity index (χ3v) is 3.95. The lowest BCUT2D eigenvalue weighted by molar-refractivity contribution is 0.812. The monoisotopic (exact) mass is 270 g/mol. The van der Waals surface area contributed by atoms with Crippen molar-refractivity contribution >= 4 is 22.2 Å². The van der Waals surface area contributed by atoms with Crippen molar-refractivity contribution in [2.75, 3.05) is 6.54 Å². The minimum absolute atomic E-state index is 0.688. The van der Waals surface area contributed by atoms with Crippen molar-refractivity contribution in [2.24, 2.45) is 5.73 Å². The Morgan fingerprint density at radius 2 is 2.05 bits per heavy atom. The van der Waals surface area contributed by atoms with E-state index in [2.05, 4.69) is 27.3 Å². The molecule has 2 N–H and O–H groups in total. The second-order valence-corrected chi connectivity index (χ2v) is 5.33. The Morgan fingerprint density at radius 3 is 2.95 bits per heavy atom. The average Bonchev–Trinajstić information content (AvgIpc) is 2.93. The predicted octanol–water partition coefficient (Wildman–Crippen LogP) is 2.64. The van der Waals surface area contributed by atoms with Gasteiger partial charge in [-0.1, -0.05) is 29.5 Å². The fraction of sp³-hybridized carbons (Fsp3) is 0.214. The number of hydrogen-bond acceptors (Lipinski definition) is 5. The molecule has 0 aliphatic rings. The number of fused-ring (bicyclic) bond motifs is 1. The summed E-state index contributed by atoms with van der Waals surface area (Å²) >= 11 is 1.64. The van der Waals surface area contributed by atoms with Crippen molar-refractivity contribution in [3.63, 3.8) is 0 Å². The lowest BCUT2D eigenvalue weighted by Gasteiger charge is -2.01. The van der Waals surface area contributed by atoms with E-state index < -0.39 is 0 Å². The zero-order valence-corrected chi connectivity index (χ0v) is 11.2. The Balaban J connectivity index is 2.02. The average molecular weight is 270 g/mol. The van der Waals surface area contributed by atoms with E-state index in [1.54, 1.807) is 17.5 Å². The third-order valence-electron chi connectivity index (χ3n) is 2.94. The highest BCUT2D eigenvalue weighted by atomic mass is 32.1. The van der Waals surface area contributed by atoms with E-state index >= 15 is 0 Å². The minimum Gasteiger partial charge on any atom is -0.330 e. The van der Waals surface area contributed by atoms with Gasteiger partial charge in [0.05, 0.1) is 5.52 Å². The molecule has 0 saturated carbocycles. The van der Waals surface area contributed by atoms with E-state index in [1.807, 2.05) is 18.2 Å². The summed E-state index contributed by atoms with van der Waals surface area (Å²) in [7, 11) is 0. The number of pyridine rings is 1. The number of nitrogens with two attached hydrogens (primary N) is 1. The van der Waals surface area contributed by atoms with Gasteiger partial charge in [-0.15, -0.1) is 10.2 Å². The van der Waals surface area contributed by atoms with Gasteiger partial charge < -0.3 is 5.73 Å². The number of hydrogen-bond donors (Lipinski definition) is 1. The number of aryl methyl sites for hydroxylation is 1. The summed E-state index contributed by atoms with van der Waals surface area (Å²) in [6.45, 7) is 0.688. The molecule has 5 heteroatoms. The topological polar surface area (TPSA) is 64.7 Å². The molecule has 3 aromatic rings. The second-order valence-electron chi connectivity index (χ2n) is 4.27. The molecule has 0 aliphatic heterocycles. The minimum atomic E-state index is 0.688. The molecule has 2 aromatic heterocycles. The number of benzene rings is 1. The molecule has 19 heavy (non-hydrogen) atoms. The van der Waals surface area contributed by atoms with E-state index in [1.165, 1.54) is 0 Å². The van der Waals surface area contributed by atoms with Crippen molar-refractivity contribution in [3.8, 4) is 10.6 Å². The highest BCUT2D eigenvalue weighted by molar-refractivity contribution is 7.14. The van der Waals surface area contributed by atoms with Crippen molar-refractivity contribution in [3.05, 3.63) is 41.5 Å². The summed E-state index contributed by atoms with van der Waals surface area (Å²) in [5, 5.41) is 11.6. The Morgan fingerprint density at radius 1 is 1.11 bits per heavy atom. The SMILES string of the molecule is NCCCc1nnc(-c2cccc3ncccc23)s1. The first-order valence-electron chi connectivity index (χ1n) is 6.25. The molecule has 4 nitrogen and oxygen atoms in total. The molecule has 1 aromatic carbocycles. The number of aromatic nitrogens is 3. The quantitative estimate of drug-likeness (QED) is 0.791. The maximum absolute atomic E-state index is 5.52. The van der Waals surface area contributed by atoms with Gasteiger partial charge in [0.1, 0.15) is 10.0 Å². The smallest absolute Gasteiger partial charge is 0.148 e. The van der Waals surface area contributed by atoms with Gasteiger partial charge in [0.25, 0.3) is 0 Å². The highest BCUT2D eigenvalue weighted by Gasteiger charge is 2.09. The Labute approximate surface area is 115 Å². The largest absolute Gasteiger partial charge is 0.330 e. The molecule has 0 spiro atoms. The Hall–Kier alpha value is -1.85. The first-order chi connectivity index (χ1) is 9.38. The molecule has 0 bridgehead atoms. The number of rotatable bonds is 4. The van der Waals surface area contributed by atoms with Gasteiger partial charge in [0.15, 0.2) is 0 Å². The van der Waals surface area contributed by atoms with Crippen LogP contribution in [0.25, 0.3) is 21.5 Å². The van der Waals surface area contributed by atoms with Crippen molar-refractivity contribution < 1.29 is 0 Å². The third kappa shape index (κ3) is 2.47. The van der Waals surface area contributed by atoms with Gasteiger partial charge in [-0.05, 0) is 25.1 Å². The van der Waals surface area contributed by atoms with E-state index in [9.17, 15) is 0 Å². The molecule has 0 unspecified atom stereocenters. The van der Waals surface area contributed by atoms with Gasteiger partial charge in [-0.25, -0.2) is 0 Å². The summed E-state index contributed by atoms with van der Waals surface area (Å²) in [5.41, 5.74) is 7.60. The molecule has 0 fully saturated rings. The van der Waals surface area contributed by atoms with Crippen LogP contribution in [0.3, 0.4) is 0 Å². The molecule has 0 amide bonds. The summed E-state index contributed by atoms with van der Waals surface area (Å²) in [4.78, 5) is 4.36. The van der Waals surface area contributed by atoms with Crippen molar-refractivity contribution in [2.45, 2.75) is 12.8 Å². The molecule has 96 valence electrons. The summed E-state index contributed by atoms with van der Waals surface area (Å²) in [5.74, 6) is 0. The van der Waals surface area contributed by atoms with Crippen LogP contribution in [-0.4, -0.2) is 21.7 Å². The van der Waals surface area contributed by atoms with Gasteiger partial charge in [-0.2, -0.15) is 0 Å². The summed E-state index contributed by atoms with van der Waals surface area (Å²) < 4.78 is 0. The molecular formula is C14H14N4S. The van der Waals surface area contributed by atoms with Gasteiger partial charge in [0, 0.05) is 23.6 Å². The maximum atomic E-state index is 5.52.